The lowest BCUT2D eigenvalue weighted by Gasteiger charge is -2.03. The lowest BCUT2D eigenvalue weighted by Crippen LogP contribution is -2.22. The van der Waals surface area contributed by atoms with E-state index in [-0.39, 0.29) is 5.91 Å². The van der Waals surface area contributed by atoms with E-state index in [1.54, 1.807) is 46.9 Å². The highest BCUT2D eigenvalue weighted by atomic mass is 32.1. The smallest absolute Gasteiger partial charge is 0.251 e. The fourth-order valence-electron chi connectivity index (χ4n) is 2.09. The third-order valence-corrected chi connectivity index (χ3v) is 5.09. The number of carbonyl (C=O) groups is 1. The fraction of sp³-hybridized carbons (Fsp3) is 0.118. The van der Waals surface area contributed by atoms with Crippen molar-refractivity contribution in [3.8, 4) is 16.6 Å². The first-order valence-corrected chi connectivity index (χ1v) is 8.65. The van der Waals surface area contributed by atoms with Crippen LogP contribution in [0.5, 0.6) is 0 Å². The number of nitrogens with one attached hydrogen (secondary N) is 1. The Bertz CT molecular complexity index is 889. The summed E-state index contributed by atoms with van der Waals surface area (Å²) in [6.45, 7) is 2.45. The Hall–Kier alpha value is -2.49. The minimum atomic E-state index is -0.179. The lowest BCUT2D eigenvalue weighted by atomic mass is 10.1. The summed E-state index contributed by atoms with van der Waals surface area (Å²) in [4.78, 5) is 18.8. The van der Waals surface area contributed by atoms with E-state index in [0.29, 0.717) is 17.7 Å². The van der Waals surface area contributed by atoms with Crippen LogP contribution in [0.25, 0.3) is 10.6 Å². The van der Waals surface area contributed by atoms with Crippen molar-refractivity contribution in [3.63, 3.8) is 0 Å². The van der Waals surface area contributed by atoms with Crippen molar-refractivity contribution in [2.75, 3.05) is 0 Å². The van der Waals surface area contributed by atoms with Gasteiger partial charge in [0.1, 0.15) is 0 Å². The van der Waals surface area contributed by atoms with Crippen molar-refractivity contribution < 1.29 is 4.79 Å². The molecule has 1 aromatic carbocycles. The van der Waals surface area contributed by atoms with Crippen LogP contribution < -0.4 is 5.32 Å². The number of nitrogens with zero attached hydrogens (tertiary/aromatic N) is 2. The molecule has 0 bridgehead atoms. The van der Waals surface area contributed by atoms with Crippen LogP contribution in [0.2, 0.25) is 0 Å². The standard InChI is InChI=1S/C17H13N3OS2/c1-11-20-15(10-22-11)16-6-5-14(23-16)9-19-17(21)13-4-2-3-12(7-13)8-18/h2-7,10H,9H2,1H3,(H,19,21). The highest BCUT2D eigenvalue weighted by Crippen LogP contribution is 2.28. The molecule has 0 radical (unpaired) electrons. The van der Waals surface area contributed by atoms with Gasteiger partial charge in [-0.2, -0.15) is 5.26 Å². The molecule has 1 amide bonds. The summed E-state index contributed by atoms with van der Waals surface area (Å²) in [6.07, 6.45) is 0. The number of aromatic nitrogens is 1. The molecular weight excluding hydrogens is 326 g/mol. The van der Waals surface area contributed by atoms with Crippen molar-refractivity contribution in [2.45, 2.75) is 13.5 Å². The Morgan fingerprint density at radius 3 is 2.96 bits per heavy atom. The van der Waals surface area contributed by atoms with Gasteiger partial charge in [-0.1, -0.05) is 6.07 Å². The minimum Gasteiger partial charge on any atom is -0.347 e. The Morgan fingerprint density at radius 2 is 2.22 bits per heavy atom. The van der Waals surface area contributed by atoms with Gasteiger partial charge in [0.2, 0.25) is 0 Å². The van der Waals surface area contributed by atoms with E-state index in [9.17, 15) is 4.79 Å². The first kappa shape index (κ1) is 15.4. The first-order chi connectivity index (χ1) is 11.2. The molecule has 3 rings (SSSR count). The fourth-order valence-corrected chi connectivity index (χ4v) is 3.68. The maximum atomic E-state index is 12.1. The summed E-state index contributed by atoms with van der Waals surface area (Å²) in [5.41, 5.74) is 1.96. The van der Waals surface area contributed by atoms with Gasteiger partial charge in [-0.3, -0.25) is 4.79 Å². The van der Waals surface area contributed by atoms with Crippen molar-refractivity contribution in [2.24, 2.45) is 0 Å². The molecule has 2 heterocycles. The highest BCUT2D eigenvalue weighted by molar-refractivity contribution is 7.16. The van der Waals surface area contributed by atoms with Gasteiger partial charge in [0.25, 0.3) is 5.91 Å². The predicted molar refractivity (Wildman–Crippen MR) is 92.5 cm³/mol. The first-order valence-electron chi connectivity index (χ1n) is 6.95. The average molecular weight is 339 g/mol. The molecule has 0 aliphatic carbocycles. The molecule has 114 valence electrons. The second-order valence-corrected chi connectivity index (χ2v) is 7.12. The van der Waals surface area contributed by atoms with Gasteiger partial charge in [0.15, 0.2) is 0 Å². The molecular formula is C17H13N3OS2. The molecule has 0 spiro atoms. The third-order valence-electron chi connectivity index (χ3n) is 3.21. The lowest BCUT2D eigenvalue weighted by molar-refractivity contribution is 0.0951. The number of aryl methyl sites for hydroxylation is 1. The van der Waals surface area contributed by atoms with Crippen molar-refractivity contribution in [1.82, 2.24) is 10.3 Å². The molecule has 0 unspecified atom stereocenters. The quantitative estimate of drug-likeness (QED) is 0.782. The maximum absolute atomic E-state index is 12.1. The van der Waals surface area contributed by atoms with E-state index in [0.717, 1.165) is 20.5 Å². The molecule has 1 N–H and O–H groups in total. The summed E-state index contributed by atoms with van der Waals surface area (Å²) in [5, 5.41) is 14.8. The molecule has 0 aliphatic heterocycles. The third kappa shape index (κ3) is 3.65. The number of carbonyl (C=O) groups excluding carboxylic acids is 1. The SMILES string of the molecule is Cc1nc(-c2ccc(CNC(=O)c3cccc(C#N)c3)s2)cs1. The van der Waals surface area contributed by atoms with Gasteiger partial charge in [0.05, 0.1) is 33.8 Å². The summed E-state index contributed by atoms with van der Waals surface area (Å²) < 4.78 is 0. The maximum Gasteiger partial charge on any atom is 0.251 e. The number of benzene rings is 1. The monoisotopic (exact) mass is 339 g/mol. The van der Waals surface area contributed by atoms with E-state index in [4.69, 9.17) is 5.26 Å². The van der Waals surface area contributed by atoms with Crippen LogP contribution in [-0.2, 0) is 6.54 Å². The van der Waals surface area contributed by atoms with Crippen molar-refractivity contribution >= 4 is 28.6 Å². The van der Waals surface area contributed by atoms with Crippen LogP contribution in [0.1, 0.15) is 25.8 Å². The molecule has 2 aromatic heterocycles. The highest BCUT2D eigenvalue weighted by Gasteiger charge is 2.09. The molecule has 0 saturated heterocycles. The second kappa shape index (κ2) is 6.73. The molecule has 4 nitrogen and oxygen atoms in total. The van der Waals surface area contributed by atoms with Gasteiger partial charge < -0.3 is 5.32 Å². The molecule has 0 saturated carbocycles. The average Bonchev–Trinajstić information content (AvgIpc) is 3.21. The number of hydrogen-bond acceptors (Lipinski definition) is 5. The van der Waals surface area contributed by atoms with Gasteiger partial charge in [-0.05, 0) is 37.3 Å². The summed E-state index contributed by atoms with van der Waals surface area (Å²) >= 11 is 3.25. The minimum absolute atomic E-state index is 0.179. The second-order valence-electron chi connectivity index (χ2n) is 4.89. The molecule has 0 aliphatic rings. The Labute approximate surface area is 142 Å². The summed E-state index contributed by atoms with van der Waals surface area (Å²) in [7, 11) is 0. The predicted octanol–water partition coefficient (Wildman–Crippen LogP) is 3.98. The van der Waals surface area contributed by atoms with E-state index >= 15 is 0 Å². The summed E-state index contributed by atoms with van der Waals surface area (Å²) in [5.74, 6) is -0.179. The van der Waals surface area contributed by atoms with E-state index in [2.05, 4.69) is 10.3 Å². The summed E-state index contributed by atoms with van der Waals surface area (Å²) in [6, 6.07) is 12.7. The molecule has 0 atom stereocenters. The van der Waals surface area contributed by atoms with Crippen LogP contribution in [0.3, 0.4) is 0 Å². The van der Waals surface area contributed by atoms with E-state index in [1.807, 2.05) is 30.5 Å². The Morgan fingerprint density at radius 1 is 1.35 bits per heavy atom. The number of amides is 1. The van der Waals surface area contributed by atoms with Crippen LogP contribution in [-0.4, -0.2) is 10.9 Å². The van der Waals surface area contributed by atoms with Gasteiger partial charge in [0, 0.05) is 15.8 Å². The van der Waals surface area contributed by atoms with Crippen molar-refractivity contribution in [1.29, 1.82) is 5.26 Å². The number of thiophene rings is 1. The van der Waals surface area contributed by atoms with Crippen molar-refractivity contribution in [3.05, 3.63) is 62.8 Å². The Balaban J connectivity index is 1.65. The zero-order valence-electron chi connectivity index (χ0n) is 12.4. The normalized spacial score (nSPS) is 10.3. The number of nitriles is 1. The largest absolute Gasteiger partial charge is 0.347 e. The topological polar surface area (TPSA) is 65.8 Å². The van der Waals surface area contributed by atoms with Gasteiger partial charge >= 0.3 is 0 Å². The van der Waals surface area contributed by atoms with E-state index in [1.165, 1.54) is 0 Å². The number of thiazole rings is 1. The van der Waals surface area contributed by atoms with Gasteiger partial charge in [-0.25, -0.2) is 4.98 Å². The molecule has 23 heavy (non-hydrogen) atoms. The van der Waals surface area contributed by atoms with Gasteiger partial charge in [-0.15, -0.1) is 22.7 Å². The van der Waals surface area contributed by atoms with Crippen LogP contribution in [0, 0.1) is 18.3 Å². The zero-order chi connectivity index (χ0) is 16.2. The molecule has 0 fully saturated rings. The van der Waals surface area contributed by atoms with Crippen LogP contribution >= 0.6 is 22.7 Å². The van der Waals surface area contributed by atoms with Crippen LogP contribution in [0.4, 0.5) is 0 Å². The Kier molecular flexibility index (Phi) is 4.51. The zero-order valence-corrected chi connectivity index (χ0v) is 14.0. The molecule has 6 heteroatoms. The molecule has 3 aromatic rings. The number of rotatable bonds is 4. The van der Waals surface area contributed by atoms with Crippen LogP contribution in [0.15, 0.2) is 41.8 Å². The number of hydrogen-bond donors (Lipinski definition) is 1. The van der Waals surface area contributed by atoms with E-state index < -0.39 is 0 Å².